The number of Topliss-reactive ketones (excluding diaryl/α,β-unsaturated/α-hetero) is 2. The second kappa shape index (κ2) is 15.3. The summed E-state index contributed by atoms with van der Waals surface area (Å²) < 4.78 is 0. The Morgan fingerprint density at radius 1 is 0.435 bits per heavy atom. The number of amidine groups is 6. The average molecular weight is 811 g/mol. The standard InChI is InChI=1S/C50H38N10O2/c1-27-5-15-33(16-6-27)51-47-48(52-34-17-7-28(2)8-18-34)58-45(57-47)31-13-23-39-37(25-31)43(61)41(55-39)42-44(62)38-26-32(14-24-40(38)56-42)46-59-49(53-35-19-9-29(3)10-20-35)50(60-46)54-36-21-11-30(4)12-22-36/h5-26,55-56H,1-4H3,(H,51,52,57,58)(H,53,54,59,60)/b42-41-. The Kier molecular flexibility index (Phi) is 9.36. The molecule has 0 fully saturated rings. The Hall–Kier alpha value is -8.38. The van der Waals surface area contributed by atoms with Crippen LogP contribution in [0.1, 0.15) is 54.1 Å². The number of anilines is 4. The van der Waals surface area contributed by atoms with E-state index in [2.05, 4.69) is 21.3 Å². The van der Waals surface area contributed by atoms with E-state index < -0.39 is 0 Å². The molecular formula is C50H38N10O2. The molecule has 4 aliphatic heterocycles. The van der Waals surface area contributed by atoms with Gasteiger partial charge in [-0.05, 0) is 113 Å². The monoisotopic (exact) mass is 810 g/mol. The SMILES string of the molecule is Cc1ccc(N=C2N=C(c3ccc4c(c3)C(=O)/C(=C3/Nc5ccc(C6=NC(=Nc7ccc(C)cc7)C(Nc7ccc(C)cc7)=N6)cc5C3=O)N4)N=C2Nc2ccc(C)cc2)cc1. The summed E-state index contributed by atoms with van der Waals surface area (Å²) in [6.07, 6.45) is 0. The number of nitrogens with zero attached hydrogens (tertiary/aromatic N) is 6. The van der Waals surface area contributed by atoms with Crippen LogP contribution in [-0.4, -0.2) is 46.6 Å². The highest BCUT2D eigenvalue weighted by molar-refractivity contribution is 6.52. The maximum absolute atomic E-state index is 14.1. The van der Waals surface area contributed by atoms with E-state index in [0.29, 0.717) is 68.6 Å². The molecule has 0 saturated heterocycles. The third-order valence-corrected chi connectivity index (χ3v) is 10.7. The van der Waals surface area contributed by atoms with Crippen LogP contribution in [0, 0.1) is 27.7 Å². The number of nitrogens with one attached hydrogen (secondary N) is 4. The second-order valence-corrected chi connectivity index (χ2v) is 15.5. The molecule has 0 bridgehead atoms. The lowest BCUT2D eigenvalue weighted by Crippen LogP contribution is -2.18. The summed E-state index contributed by atoms with van der Waals surface area (Å²) in [7, 11) is 0. The molecule has 12 nitrogen and oxygen atoms in total. The van der Waals surface area contributed by atoms with Gasteiger partial charge in [0.1, 0.15) is 11.4 Å². The van der Waals surface area contributed by atoms with E-state index in [4.69, 9.17) is 30.0 Å². The van der Waals surface area contributed by atoms with Gasteiger partial charge in [-0.15, -0.1) is 0 Å². The van der Waals surface area contributed by atoms with Crippen molar-refractivity contribution in [1.82, 2.24) is 0 Å². The van der Waals surface area contributed by atoms with Crippen molar-refractivity contribution in [3.63, 3.8) is 0 Å². The molecule has 0 saturated carbocycles. The predicted octanol–water partition coefficient (Wildman–Crippen LogP) is 10.1. The first-order chi connectivity index (χ1) is 30.1. The zero-order chi connectivity index (χ0) is 42.5. The van der Waals surface area contributed by atoms with E-state index in [0.717, 1.165) is 45.0 Å². The lowest BCUT2D eigenvalue weighted by molar-refractivity contribution is 0.101. The first-order valence-electron chi connectivity index (χ1n) is 20.1. The Morgan fingerprint density at radius 3 is 1.16 bits per heavy atom. The van der Waals surface area contributed by atoms with Crippen LogP contribution in [0.5, 0.6) is 0 Å². The van der Waals surface area contributed by atoms with Gasteiger partial charge in [-0.25, -0.2) is 30.0 Å². The van der Waals surface area contributed by atoms with Crippen LogP contribution in [0.3, 0.4) is 0 Å². The van der Waals surface area contributed by atoms with Gasteiger partial charge in [-0.1, -0.05) is 70.8 Å². The lowest BCUT2D eigenvalue weighted by Gasteiger charge is -2.06. The van der Waals surface area contributed by atoms with E-state index in [-0.39, 0.29) is 23.0 Å². The van der Waals surface area contributed by atoms with Gasteiger partial charge in [-0.2, -0.15) is 0 Å². The van der Waals surface area contributed by atoms with Crippen molar-refractivity contribution in [3.8, 4) is 0 Å². The van der Waals surface area contributed by atoms with Crippen LogP contribution in [0.2, 0.25) is 0 Å². The highest BCUT2D eigenvalue weighted by Gasteiger charge is 2.36. The summed E-state index contributed by atoms with van der Waals surface area (Å²) in [6, 6.07) is 42.5. The van der Waals surface area contributed by atoms with Gasteiger partial charge in [-0.3, -0.25) is 9.59 Å². The fourth-order valence-electron chi connectivity index (χ4n) is 7.25. The molecular weight excluding hydrogens is 773 g/mol. The summed E-state index contributed by atoms with van der Waals surface area (Å²) in [5.74, 6) is 1.95. The maximum Gasteiger partial charge on any atom is 0.213 e. The topological polar surface area (TPSA) is 156 Å². The van der Waals surface area contributed by atoms with Crippen molar-refractivity contribution in [3.05, 3.63) is 189 Å². The van der Waals surface area contributed by atoms with Crippen molar-refractivity contribution in [1.29, 1.82) is 0 Å². The number of carbonyl (C=O) groups excluding carboxylic acids is 2. The number of benzene rings is 6. The summed E-state index contributed by atoms with van der Waals surface area (Å²) in [4.78, 5) is 57.2. The zero-order valence-electron chi connectivity index (χ0n) is 34.2. The Labute approximate surface area is 357 Å². The normalized spacial score (nSPS) is 17.6. The van der Waals surface area contributed by atoms with Crippen LogP contribution >= 0.6 is 0 Å². The molecule has 4 aliphatic rings. The second-order valence-electron chi connectivity index (χ2n) is 15.5. The van der Waals surface area contributed by atoms with Crippen LogP contribution < -0.4 is 21.3 Å². The Balaban J connectivity index is 0.929. The van der Waals surface area contributed by atoms with E-state index in [9.17, 15) is 9.59 Å². The van der Waals surface area contributed by atoms with Crippen LogP contribution in [0.4, 0.5) is 34.1 Å². The van der Waals surface area contributed by atoms with Gasteiger partial charge in [0, 0.05) is 45.0 Å². The molecule has 0 atom stereocenters. The number of fused-ring (bicyclic) bond motifs is 2. The fraction of sp³-hybridized carbons (Fsp3) is 0.0800. The first-order valence-corrected chi connectivity index (χ1v) is 20.1. The molecule has 6 aromatic carbocycles. The summed E-state index contributed by atoms with van der Waals surface area (Å²) in [6.45, 7) is 8.11. The van der Waals surface area contributed by atoms with Crippen molar-refractivity contribution in [2.75, 3.05) is 21.3 Å². The van der Waals surface area contributed by atoms with Gasteiger partial charge < -0.3 is 21.3 Å². The number of aliphatic imine (C=N–C) groups is 6. The van der Waals surface area contributed by atoms with Gasteiger partial charge in [0.15, 0.2) is 35.0 Å². The molecule has 300 valence electrons. The van der Waals surface area contributed by atoms with Crippen LogP contribution in [0.25, 0.3) is 0 Å². The molecule has 0 spiro atoms. The van der Waals surface area contributed by atoms with Crippen LogP contribution in [-0.2, 0) is 0 Å². The molecule has 0 aliphatic carbocycles. The molecule has 0 amide bonds. The smallest absolute Gasteiger partial charge is 0.213 e. The molecule has 4 heterocycles. The van der Waals surface area contributed by atoms with Gasteiger partial charge in [0.2, 0.25) is 11.6 Å². The molecule has 62 heavy (non-hydrogen) atoms. The van der Waals surface area contributed by atoms with Gasteiger partial charge >= 0.3 is 0 Å². The quantitative estimate of drug-likeness (QED) is 0.123. The summed E-state index contributed by atoms with van der Waals surface area (Å²) in [5, 5.41) is 13.1. The summed E-state index contributed by atoms with van der Waals surface area (Å²) >= 11 is 0. The summed E-state index contributed by atoms with van der Waals surface area (Å²) in [5.41, 5.74) is 11.2. The molecule has 0 aromatic heterocycles. The number of allylic oxidation sites excluding steroid dienone is 2. The minimum absolute atomic E-state index is 0.161. The van der Waals surface area contributed by atoms with Gasteiger partial charge in [0.25, 0.3) is 0 Å². The fourth-order valence-corrected chi connectivity index (χ4v) is 7.25. The van der Waals surface area contributed by atoms with Crippen molar-refractivity contribution in [2.24, 2.45) is 30.0 Å². The van der Waals surface area contributed by atoms with Gasteiger partial charge in [0.05, 0.1) is 11.4 Å². The predicted molar refractivity (Wildman–Crippen MR) is 250 cm³/mol. The third kappa shape index (κ3) is 7.41. The Morgan fingerprint density at radius 2 is 0.790 bits per heavy atom. The number of aryl methyl sites for hydroxylation is 4. The molecule has 0 unspecified atom stereocenters. The molecule has 0 radical (unpaired) electrons. The number of ketones is 2. The van der Waals surface area contributed by atoms with Crippen molar-refractivity contribution < 1.29 is 9.59 Å². The molecule has 4 N–H and O–H groups in total. The highest BCUT2D eigenvalue weighted by atomic mass is 16.1. The van der Waals surface area contributed by atoms with E-state index >= 15 is 0 Å². The van der Waals surface area contributed by atoms with E-state index in [1.165, 1.54) is 0 Å². The largest absolute Gasteiger partial charge is 0.350 e. The number of rotatable bonds is 6. The molecule has 6 aromatic rings. The number of carbonyl (C=O) groups is 2. The molecule has 12 heteroatoms. The average Bonchev–Trinajstić information content (AvgIpc) is 4.04. The zero-order valence-corrected chi connectivity index (χ0v) is 34.2. The highest BCUT2D eigenvalue weighted by Crippen LogP contribution is 2.37. The van der Waals surface area contributed by atoms with E-state index in [1.54, 1.807) is 24.3 Å². The number of hydrogen-bond acceptors (Lipinski definition) is 10. The Bertz CT molecular complexity index is 2890. The van der Waals surface area contributed by atoms with Crippen molar-refractivity contribution in [2.45, 2.75) is 27.7 Å². The number of hydrogen-bond donors (Lipinski definition) is 4. The van der Waals surface area contributed by atoms with Crippen molar-refractivity contribution >= 4 is 80.7 Å². The molecule has 10 rings (SSSR count). The maximum atomic E-state index is 14.1. The minimum atomic E-state index is -0.326. The third-order valence-electron chi connectivity index (χ3n) is 10.7. The minimum Gasteiger partial charge on any atom is -0.350 e. The van der Waals surface area contributed by atoms with Crippen LogP contribution in [0.15, 0.2) is 175 Å². The first kappa shape index (κ1) is 37.9. The van der Waals surface area contributed by atoms with E-state index in [1.807, 2.05) is 137 Å². The lowest BCUT2D eigenvalue weighted by atomic mass is 10.0.